The number of benzene rings is 1. The van der Waals surface area contributed by atoms with E-state index in [4.69, 9.17) is 5.11 Å². The van der Waals surface area contributed by atoms with Crippen molar-refractivity contribution in [2.24, 2.45) is 0 Å². The Labute approximate surface area is 115 Å². The van der Waals surface area contributed by atoms with E-state index in [-0.39, 0.29) is 6.42 Å². The van der Waals surface area contributed by atoms with Crippen molar-refractivity contribution in [2.75, 3.05) is 20.1 Å². The van der Waals surface area contributed by atoms with Crippen molar-refractivity contribution in [1.82, 2.24) is 10.2 Å². The standard InChI is InChI=1S/C15H24N2O2/c1-12(2)17(3)9-8-16-11-14-7-5-4-6-13(14)10-15(18)19/h4-7,12,16H,8-11H2,1-3H3,(H,18,19). The van der Waals surface area contributed by atoms with E-state index in [1.165, 1.54) is 0 Å². The van der Waals surface area contributed by atoms with E-state index in [2.05, 4.69) is 31.1 Å². The van der Waals surface area contributed by atoms with Crippen LogP contribution in [-0.4, -0.2) is 42.2 Å². The zero-order valence-corrected chi connectivity index (χ0v) is 12.0. The second kappa shape index (κ2) is 7.92. The molecule has 0 aliphatic carbocycles. The van der Waals surface area contributed by atoms with Gasteiger partial charge in [0.25, 0.3) is 0 Å². The summed E-state index contributed by atoms with van der Waals surface area (Å²) in [5.41, 5.74) is 1.96. The van der Waals surface area contributed by atoms with Gasteiger partial charge < -0.3 is 15.3 Å². The van der Waals surface area contributed by atoms with E-state index in [0.29, 0.717) is 6.04 Å². The molecule has 2 N–H and O–H groups in total. The second-order valence-corrected chi connectivity index (χ2v) is 5.09. The third-order valence-electron chi connectivity index (χ3n) is 3.30. The lowest BCUT2D eigenvalue weighted by molar-refractivity contribution is -0.136. The minimum Gasteiger partial charge on any atom is -0.481 e. The Bertz CT molecular complexity index is 405. The van der Waals surface area contributed by atoms with Crippen LogP contribution in [0.25, 0.3) is 0 Å². The molecule has 1 aromatic carbocycles. The fourth-order valence-corrected chi connectivity index (χ4v) is 1.80. The maximum Gasteiger partial charge on any atom is 0.307 e. The summed E-state index contributed by atoms with van der Waals surface area (Å²) in [5.74, 6) is -0.785. The third-order valence-corrected chi connectivity index (χ3v) is 3.30. The van der Waals surface area contributed by atoms with Crippen LogP contribution in [-0.2, 0) is 17.8 Å². The molecule has 106 valence electrons. The highest BCUT2D eigenvalue weighted by atomic mass is 16.4. The molecule has 0 saturated heterocycles. The van der Waals surface area contributed by atoms with Gasteiger partial charge in [0.05, 0.1) is 6.42 Å². The predicted octanol–water partition coefficient (Wildman–Crippen LogP) is 1.74. The highest BCUT2D eigenvalue weighted by molar-refractivity contribution is 5.70. The molecule has 0 aromatic heterocycles. The first-order valence-electron chi connectivity index (χ1n) is 6.70. The van der Waals surface area contributed by atoms with Gasteiger partial charge in [-0.1, -0.05) is 24.3 Å². The molecule has 1 aromatic rings. The third kappa shape index (κ3) is 5.85. The lowest BCUT2D eigenvalue weighted by Crippen LogP contribution is -2.33. The molecule has 19 heavy (non-hydrogen) atoms. The molecule has 4 heteroatoms. The molecule has 0 bridgehead atoms. The van der Waals surface area contributed by atoms with Crippen LogP contribution >= 0.6 is 0 Å². The van der Waals surface area contributed by atoms with Crippen LogP contribution in [0.3, 0.4) is 0 Å². The number of carboxylic acid groups (broad SMARTS) is 1. The minimum absolute atomic E-state index is 0.0871. The summed E-state index contributed by atoms with van der Waals surface area (Å²) in [6.07, 6.45) is 0.0871. The van der Waals surface area contributed by atoms with Gasteiger partial charge in [-0.15, -0.1) is 0 Å². The van der Waals surface area contributed by atoms with Gasteiger partial charge in [0.15, 0.2) is 0 Å². The molecular formula is C15H24N2O2. The maximum absolute atomic E-state index is 10.8. The molecule has 0 atom stereocenters. The van der Waals surface area contributed by atoms with Crippen molar-refractivity contribution in [3.05, 3.63) is 35.4 Å². The molecular weight excluding hydrogens is 240 g/mol. The Morgan fingerprint density at radius 3 is 2.53 bits per heavy atom. The van der Waals surface area contributed by atoms with Crippen LogP contribution in [0.2, 0.25) is 0 Å². The number of hydrogen-bond donors (Lipinski definition) is 2. The zero-order chi connectivity index (χ0) is 14.3. The molecule has 0 heterocycles. The summed E-state index contributed by atoms with van der Waals surface area (Å²) in [4.78, 5) is 13.1. The number of aliphatic carboxylic acids is 1. The lowest BCUT2D eigenvalue weighted by atomic mass is 10.0. The van der Waals surface area contributed by atoms with Gasteiger partial charge in [0.2, 0.25) is 0 Å². The first kappa shape index (κ1) is 15.7. The van der Waals surface area contributed by atoms with Crippen molar-refractivity contribution in [2.45, 2.75) is 32.9 Å². The molecule has 0 fully saturated rings. The number of nitrogens with one attached hydrogen (secondary N) is 1. The molecule has 0 radical (unpaired) electrons. The van der Waals surface area contributed by atoms with Gasteiger partial charge in [0, 0.05) is 25.7 Å². The van der Waals surface area contributed by atoms with E-state index in [9.17, 15) is 4.79 Å². The summed E-state index contributed by atoms with van der Waals surface area (Å²) in [5, 5.41) is 12.2. The van der Waals surface area contributed by atoms with Gasteiger partial charge in [-0.25, -0.2) is 0 Å². The van der Waals surface area contributed by atoms with Gasteiger partial charge in [0.1, 0.15) is 0 Å². The zero-order valence-electron chi connectivity index (χ0n) is 12.0. The molecule has 4 nitrogen and oxygen atoms in total. The maximum atomic E-state index is 10.8. The van der Waals surface area contributed by atoms with Crippen molar-refractivity contribution in [1.29, 1.82) is 0 Å². The summed E-state index contributed by atoms with van der Waals surface area (Å²) in [6, 6.07) is 8.24. The van der Waals surface area contributed by atoms with E-state index in [1.54, 1.807) is 0 Å². The molecule has 0 unspecified atom stereocenters. The van der Waals surface area contributed by atoms with Crippen molar-refractivity contribution < 1.29 is 9.90 Å². The lowest BCUT2D eigenvalue weighted by Gasteiger charge is -2.21. The average Bonchev–Trinajstić information content (AvgIpc) is 2.35. The van der Waals surface area contributed by atoms with Gasteiger partial charge in [-0.2, -0.15) is 0 Å². The quantitative estimate of drug-likeness (QED) is 0.702. The highest BCUT2D eigenvalue weighted by Gasteiger charge is 2.06. The molecule has 0 amide bonds. The number of nitrogens with zero attached hydrogens (tertiary/aromatic N) is 1. The first-order chi connectivity index (χ1) is 9.00. The van der Waals surface area contributed by atoms with Gasteiger partial charge in [-0.3, -0.25) is 4.79 Å². The molecule has 0 spiro atoms. The minimum atomic E-state index is -0.785. The van der Waals surface area contributed by atoms with Crippen LogP contribution < -0.4 is 5.32 Å². The Hall–Kier alpha value is -1.39. The summed E-state index contributed by atoms with van der Waals surface area (Å²) in [7, 11) is 2.10. The fraction of sp³-hybridized carbons (Fsp3) is 0.533. The molecule has 0 aliphatic rings. The Morgan fingerprint density at radius 2 is 1.95 bits per heavy atom. The van der Waals surface area contributed by atoms with Crippen molar-refractivity contribution in [3.63, 3.8) is 0 Å². The fourth-order valence-electron chi connectivity index (χ4n) is 1.80. The summed E-state index contributed by atoms with van der Waals surface area (Å²) >= 11 is 0. The van der Waals surface area contributed by atoms with Crippen LogP contribution in [0.1, 0.15) is 25.0 Å². The Balaban J connectivity index is 2.42. The number of carboxylic acids is 1. The highest BCUT2D eigenvalue weighted by Crippen LogP contribution is 2.09. The summed E-state index contributed by atoms with van der Waals surface area (Å²) in [6.45, 7) is 6.94. The second-order valence-electron chi connectivity index (χ2n) is 5.09. The molecule has 0 aliphatic heterocycles. The van der Waals surface area contributed by atoms with Crippen LogP contribution in [0.5, 0.6) is 0 Å². The van der Waals surface area contributed by atoms with Gasteiger partial charge >= 0.3 is 5.97 Å². The van der Waals surface area contributed by atoms with E-state index < -0.39 is 5.97 Å². The van der Waals surface area contributed by atoms with Crippen LogP contribution in [0.15, 0.2) is 24.3 Å². The van der Waals surface area contributed by atoms with E-state index >= 15 is 0 Å². The predicted molar refractivity (Wildman–Crippen MR) is 77.3 cm³/mol. The Morgan fingerprint density at radius 1 is 1.32 bits per heavy atom. The number of hydrogen-bond acceptors (Lipinski definition) is 3. The average molecular weight is 264 g/mol. The normalized spacial score (nSPS) is 11.2. The monoisotopic (exact) mass is 264 g/mol. The van der Waals surface area contributed by atoms with Crippen molar-refractivity contribution >= 4 is 5.97 Å². The number of likely N-dealkylation sites (N-methyl/N-ethyl adjacent to an activating group) is 1. The molecule has 1 rings (SSSR count). The van der Waals surface area contributed by atoms with E-state index in [1.807, 2.05) is 24.3 Å². The van der Waals surface area contributed by atoms with Crippen molar-refractivity contribution in [3.8, 4) is 0 Å². The smallest absolute Gasteiger partial charge is 0.307 e. The SMILES string of the molecule is CC(C)N(C)CCNCc1ccccc1CC(=O)O. The Kier molecular flexibility index (Phi) is 6.53. The number of rotatable bonds is 8. The van der Waals surface area contributed by atoms with Gasteiger partial charge in [-0.05, 0) is 32.0 Å². The van der Waals surface area contributed by atoms with Crippen LogP contribution in [0.4, 0.5) is 0 Å². The van der Waals surface area contributed by atoms with E-state index in [0.717, 1.165) is 30.8 Å². The largest absolute Gasteiger partial charge is 0.481 e. The first-order valence-corrected chi connectivity index (χ1v) is 6.70. The van der Waals surface area contributed by atoms with Crippen LogP contribution in [0, 0.1) is 0 Å². The molecule has 0 saturated carbocycles. The topological polar surface area (TPSA) is 52.6 Å². The number of carbonyl (C=O) groups is 1. The summed E-state index contributed by atoms with van der Waals surface area (Å²) < 4.78 is 0.